The zero-order chi connectivity index (χ0) is 12.5. The fourth-order valence-electron chi connectivity index (χ4n) is 2.36. The molecule has 2 fully saturated rings. The molecule has 2 saturated heterocycles. The van der Waals surface area contributed by atoms with Crippen molar-refractivity contribution in [3.63, 3.8) is 0 Å². The van der Waals surface area contributed by atoms with Gasteiger partial charge in [-0.1, -0.05) is 6.42 Å². The molecule has 2 rings (SSSR count). The van der Waals surface area contributed by atoms with Gasteiger partial charge in [-0.2, -0.15) is 11.8 Å². The average molecular weight is 257 g/mol. The van der Waals surface area contributed by atoms with E-state index in [2.05, 4.69) is 11.8 Å². The van der Waals surface area contributed by atoms with Crippen LogP contribution in [-0.4, -0.2) is 40.7 Å². The van der Waals surface area contributed by atoms with Gasteiger partial charge in [-0.05, 0) is 39.4 Å². The highest BCUT2D eigenvalue weighted by molar-refractivity contribution is 7.99. The Morgan fingerprint density at radius 1 is 1.29 bits per heavy atom. The Labute approximate surface area is 108 Å². The van der Waals surface area contributed by atoms with E-state index >= 15 is 0 Å². The van der Waals surface area contributed by atoms with E-state index in [1.54, 1.807) is 0 Å². The van der Waals surface area contributed by atoms with Gasteiger partial charge in [0.25, 0.3) is 0 Å². The number of carbonyl (C=O) groups is 1. The van der Waals surface area contributed by atoms with Gasteiger partial charge in [0, 0.05) is 24.3 Å². The lowest BCUT2D eigenvalue weighted by Gasteiger charge is -2.44. The maximum atomic E-state index is 11.8. The number of rotatable bonds is 1. The van der Waals surface area contributed by atoms with Crippen LogP contribution >= 0.6 is 11.8 Å². The molecular formula is C13H23NO2S. The number of nitrogens with zero attached hydrogens (tertiary/aromatic N) is 1. The molecule has 4 heteroatoms. The number of ether oxygens (including phenoxy) is 1. The van der Waals surface area contributed by atoms with Crippen molar-refractivity contribution in [2.24, 2.45) is 5.92 Å². The van der Waals surface area contributed by atoms with Gasteiger partial charge in [-0.3, -0.25) is 0 Å². The lowest BCUT2D eigenvalue weighted by Crippen LogP contribution is -2.55. The summed E-state index contributed by atoms with van der Waals surface area (Å²) in [6.45, 7) is 7.54. The predicted molar refractivity (Wildman–Crippen MR) is 71.4 cm³/mol. The summed E-state index contributed by atoms with van der Waals surface area (Å²) in [4.78, 5) is 13.6. The maximum Gasteiger partial charge on any atom is 0.410 e. The quantitative estimate of drug-likeness (QED) is 0.723. The summed E-state index contributed by atoms with van der Waals surface area (Å²) in [5, 5.41) is 0.780. The van der Waals surface area contributed by atoms with Gasteiger partial charge in [-0.25, -0.2) is 4.79 Å². The molecule has 3 nitrogen and oxygen atoms in total. The number of likely N-dealkylation sites (tertiary alicyclic amines) is 1. The zero-order valence-electron chi connectivity index (χ0n) is 11.1. The zero-order valence-corrected chi connectivity index (χ0v) is 11.9. The van der Waals surface area contributed by atoms with E-state index in [0.717, 1.165) is 18.3 Å². The molecule has 0 N–H and O–H groups in total. The standard InChI is InChI=1S/C13H23NO2S/c1-13(2,3)16-12(15)14-8-10(9-14)11-6-4-5-7-17-11/h10-11H,4-9H2,1-3H3. The van der Waals surface area contributed by atoms with Crippen molar-refractivity contribution < 1.29 is 9.53 Å². The number of carbonyl (C=O) groups excluding carboxylic acids is 1. The van der Waals surface area contributed by atoms with Crippen LogP contribution in [-0.2, 0) is 4.74 Å². The summed E-state index contributed by atoms with van der Waals surface area (Å²) in [6.07, 6.45) is 3.91. The number of hydrogen-bond acceptors (Lipinski definition) is 3. The van der Waals surface area contributed by atoms with E-state index < -0.39 is 0 Å². The molecule has 0 aromatic carbocycles. The molecular weight excluding hydrogens is 234 g/mol. The molecule has 0 saturated carbocycles. The summed E-state index contributed by atoms with van der Waals surface area (Å²) in [6, 6.07) is 0. The molecule has 17 heavy (non-hydrogen) atoms. The Morgan fingerprint density at radius 2 is 2.00 bits per heavy atom. The van der Waals surface area contributed by atoms with Crippen LogP contribution in [0, 0.1) is 5.92 Å². The van der Waals surface area contributed by atoms with E-state index in [1.807, 2.05) is 25.7 Å². The van der Waals surface area contributed by atoms with Crippen LogP contribution in [0.3, 0.4) is 0 Å². The van der Waals surface area contributed by atoms with Crippen LogP contribution in [0.15, 0.2) is 0 Å². The van der Waals surface area contributed by atoms with Crippen LogP contribution in [0.1, 0.15) is 40.0 Å². The van der Waals surface area contributed by atoms with Crippen molar-refractivity contribution >= 4 is 17.9 Å². The van der Waals surface area contributed by atoms with E-state index in [-0.39, 0.29) is 11.7 Å². The number of amides is 1. The van der Waals surface area contributed by atoms with Crippen molar-refractivity contribution in [3.05, 3.63) is 0 Å². The van der Waals surface area contributed by atoms with Crippen LogP contribution in [0.2, 0.25) is 0 Å². The summed E-state index contributed by atoms with van der Waals surface area (Å²) in [5.74, 6) is 2.00. The fraction of sp³-hybridized carbons (Fsp3) is 0.923. The van der Waals surface area contributed by atoms with Gasteiger partial charge in [-0.15, -0.1) is 0 Å². The van der Waals surface area contributed by atoms with Gasteiger partial charge in [0.1, 0.15) is 5.60 Å². The minimum atomic E-state index is -0.373. The lowest BCUT2D eigenvalue weighted by molar-refractivity contribution is -0.00158. The molecule has 1 unspecified atom stereocenters. The third kappa shape index (κ3) is 3.54. The summed E-state index contributed by atoms with van der Waals surface area (Å²) in [5.41, 5.74) is -0.373. The summed E-state index contributed by atoms with van der Waals surface area (Å²) in [7, 11) is 0. The Hall–Kier alpha value is -0.380. The van der Waals surface area contributed by atoms with Crippen LogP contribution in [0.25, 0.3) is 0 Å². The minimum Gasteiger partial charge on any atom is -0.444 e. The fourth-order valence-corrected chi connectivity index (χ4v) is 3.81. The predicted octanol–water partition coefficient (Wildman–Crippen LogP) is 3.14. The van der Waals surface area contributed by atoms with E-state index in [4.69, 9.17) is 4.74 Å². The number of thioether (sulfide) groups is 1. The highest BCUT2D eigenvalue weighted by atomic mass is 32.2. The molecule has 1 atom stereocenters. The van der Waals surface area contributed by atoms with Crippen molar-refractivity contribution in [2.75, 3.05) is 18.8 Å². The SMILES string of the molecule is CC(C)(C)OC(=O)N1CC(C2CCCCS2)C1. The summed E-state index contributed by atoms with van der Waals surface area (Å²) >= 11 is 2.10. The first-order chi connectivity index (χ1) is 7.96. The summed E-state index contributed by atoms with van der Waals surface area (Å²) < 4.78 is 5.36. The highest BCUT2D eigenvalue weighted by Gasteiger charge is 2.38. The average Bonchev–Trinajstić information content (AvgIpc) is 2.14. The second kappa shape index (κ2) is 5.09. The Bertz CT molecular complexity index is 276. The normalized spacial score (nSPS) is 26.5. The van der Waals surface area contributed by atoms with E-state index in [9.17, 15) is 4.79 Å². The van der Waals surface area contributed by atoms with E-state index in [1.165, 1.54) is 25.0 Å². The number of hydrogen-bond donors (Lipinski definition) is 0. The molecule has 2 aliphatic heterocycles. The highest BCUT2D eigenvalue weighted by Crippen LogP contribution is 2.35. The van der Waals surface area contributed by atoms with Gasteiger partial charge in [0.2, 0.25) is 0 Å². The largest absolute Gasteiger partial charge is 0.444 e. The first-order valence-corrected chi connectivity index (χ1v) is 7.60. The van der Waals surface area contributed by atoms with Crippen molar-refractivity contribution in [3.8, 4) is 0 Å². The van der Waals surface area contributed by atoms with Crippen molar-refractivity contribution in [2.45, 2.75) is 50.9 Å². The first kappa shape index (κ1) is 13.1. The first-order valence-electron chi connectivity index (χ1n) is 6.55. The van der Waals surface area contributed by atoms with Crippen molar-refractivity contribution in [1.29, 1.82) is 0 Å². The molecule has 0 aliphatic carbocycles. The Morgan fingerprint density at radius 3 is 2.53 bits per heavy atom. The lowest BCUT2D eigenvalue weighted by atomic mass is 9.93. The minimum absolute atomic E-state index is 0.144. The molecule has 0 radical (unpaired) electrons. The molecule has 98 valence electrons. The second-order valence-corrected chi connectivity index (χ2v) is 7.40. The molecule has 0 aromatic heterocycles. The molecule has 0 spiro atoms. The van der Waals surface area contributed by atoms with Crippen LogP contribution in [0.4, 0.5) is 4.79 Å². The van der Waals surface area contributed by atoms with Crippen molar-refractivity contribution in [1.82, 2.24) is 4.90 Å². The smallest absolute Gasteiger partial charge is 0.410 e. The molecule has 2 aliphatic rings. The molecule has 0 bridgehead atoms. The molecule has 0 aromatic rings. The van der Waals surface area contributed by atoms with Gasteiger partial charge in [0.05, 0.1) is 0 Å². The van der Waals surface area contributed by atoms with Gasteiger partial charge >= 0.3 is 6.09 Å². The second-order valence-electron chi connectivity index (χ2n) is 6.05. The topological polar surface area (TPSA) is 29.5 Å². The molecule has 2 heterocycles. The Balaban J connectivity index is 1.72. The van der Waals surface area contributed by atoms with Crippen LogP contribution < -0.4 is 0 Å². The van der Waals surface area contributed by atoms with Gasteiger partial charge < -0.3 is 9.64 Å². The van der Waals surface area contributed by atoms with Crippen LogP contribution in [0.5, 0.6) is 0 Å². The third-order valence-corrected chi connectivity index (χ3v) is 4.88. The van der Waals surface area contributed by atoms with E-state index in [0.29, 0.717) is 5.92 Å². The maximum absolute atomic E-state index is 11.8. The van der Waals surface area contributed by atoms with Gasteiger partial charge in [0.15, 0.2) is 0 Å². The Kier molecular flexibility index (Phi) is 3.91. The third-order valence-electron chi connectivity index (χ3n) is 3.30. The monoisotopic (exact) mass is 257 g/mol. The molecule has 1 amide bonds.